The highest BCUT2D eigenvalue weighted by atomic mass is 32.2. The third-order valence-corrected chi connectivity index (χ3v) is 7.56. The molecule has 2 fully saturated rings. The first-order valence-electron chi connectivity index (χ1n) is 11.7. The van der Waals surface area contributed by atoms with Crippen molar-refractivity contribution in [3.8, 4) is 11.8 Å². The van der Waals surface area contributed by atoms with Crippen LogP contribution in [0.3, 0.4) is 0 Å². The maximum Gasteiger partial charge on any atom is 0.333 e. The number of hydrogen-bond donors (Lipinski definition) is 4. The normalized spacial score (nSPS) is 21.7. The lowest BCUT2D eigenvalue weighted by Gasteiger charge is -2.26. The number of unbranched alkanes of at least 4 members (excludes halogenated alkanes) is 3. The summed E-state index contributed by atoms with van der Waals surface area (Å²) in [5.41, 5.74) is 0. The van der Waals surface area contributed by atoms with Crippen LogP contribution in [0.5, 0.6) is 11.8 Å². The van der Waals surface area contributed by atoms with Crippen LogP contribution in [0.25, 0.3) is 0 Å². The summed E-state index contributed by atoms with van der Waals surface area (Å²) in [6.45, 7) is 3.31. The minimum atomic E-state index is -0.549. The number of nitrogens with zero attached hydrogens (tertiary/aromatic N) is 2. The number of hydrogen-bond acceptors (Lipinski definition) is 7. The second-order valence-electron chi connectivity index (χ2n) is 8.42. The van der Waals surface area contributed by atoms with Gasteiger partial charge < -0.3 is 30.6 Å². The van der Waals surface area contributed by atoms with Crippen LogP contribution in [0.2, 0.25) is 0 Å². The molecule has 0 radical (unpaired) electrons. The van der Waals surface area contributed by atoms with Gasteiger partial charge in [0.2, 0.25) is 17.7 Å². The lowest BCUT2D eigenvalue weighted by molar-refractivity contribution is -0.145. The Bertz CT molecular complexity index is 812. The van der Waals surface area contributed by atoms with Gasteiger partial charge in [0.15, 0.2) is 0 Å². The van der Waals surface area contributed by atoms with E-state index in [1.165, 1.54) is 12.1 Å². The van der Waals surface area contributed by atoms with E-state index < -0.39 is 5.97 Å². The molecular formula is C22H34N4O6S. The van der Waals surface area contributed by atoms with Crippen molar-refractivity contribution in [1.29, 1.82) is 0 Å². The maximum atomic E-state index is 12.0. The van der Waals surface area contributed by atoms with Crippen LogP contribution < -0.4 is 15.5 Å². The topological polar surface area (TPSA) is 133 Å². The average molecular weight is 483 g/mol. The number of carbonyl (C=O) groups is 3. The van der Waals surface area contributed by atoms with Crippen molar-refractivity contribution < 1.29 is 29.4 Å². The molecule has 1 aromatic heterocycles. The lowest BCUT2D eigenvalue weighted by Crippen LogP contribution is -2.40. The molecule has 0 bridgehead atoms. The van der Waals surface area contributed by atoms with Gasteiger partial charge in [0, 0.05) is 49.1 Å². The first-order chi connectivity index (χ1) is 15.9. The molecule has 4 N–H and O–H groups in total. The van der Waals surface area contributed by atoms with E-state index in [0.29, 0.717) is 29.4 Å². The zero-order valence-electron chi connectivity index (χ0n) is 19.0. The molecule has 0 aromatic carbocycles. The molecule has 3 rings (SSSR count). The molecular weight excluding hydrogens is 448 g/mol. The Morgan fingerprint density at radius 3 is 2.61 bits per heavy atom. The summed E-state index contributed by atoms with van der Waals surface area (Å²) in [5.74, 6) is -0.232. The number of fused-ring (bicyclic) bond motifs is 1. The third kappa shape index (κ3) is 6.72. The standard InChI is InChI=1S/C22H34N4O6S/c1-2-25-21-15(24-22(25)31)14-33-16(21)8-5-6-9-17(27)23-13-7-3-4-10-20(30)32-26-18(28)11-12-19(26)29/h11-12,15-16,21,28-29H,2-10,13-14H2,1H3,(H,23,27)(H,24,31). The van der Waals surface area contributed by atoms with E-state index >= 15 is 0 Å². The number of carbonyl (C=O) groups excluding carboxylic acids is 3. The molecule has 3 unspecified atom stereocenters. The van der Waals surface area contributed by atoms with Gasteiger partial charge in [-0.25, -0.2) is 9.59 Å². The number of amides is 3. The number of likely N-dealkylation sites (N-methyl/N-ethyl adjacent to an activating group) is 1. The van der Waals surface area contributed by atoms with Gasteiger partial charge in [-0.1, -0.05) is 12.8 Å². The Balaban J connectivity index is 1.19. The number of aromatic hydroxyl groups is 2. The van der Waals surface area contributed by atoms with Crippen molar-refractivity contribution in [2.75, 3.05) is 18.8 Å². The van der Waals surface area contributed by atoms with Crippen molar-refractivity contribution >= 4 is 29.7 Å². The van der Waals surface area contributed by atoms with Crippen LogP contribution in [0.15, 0.2) is 12.1 Å². The molecule has 3 atom stereocenters. The van der Waals surface area contributed by atoms with Gasteiger partial charge in [0.05, 0.1) is 12.1 Å². The van der Waals surface area contributed by atoms with E-state index in [1.54, 1.807) is 0 Å². The molecule has 0 saturated carbocycles. The molecule has 0 spiro atoms. The van der Waals surface area contributed by atoms with Gasteiger partial charge in [-0.05, 0) is 32.6 Å². The van der Waals surface area contributed by atoms with Gasteiger partial charge in [-0.15, -0.1) is 4.73 Å². The molecule has 2 aliphatic rings. The number of rotatable bonds is 13. The summed E-state index contributed by atoms with van der Waals surface area (Å²) in [6.07, 6.45) is 5.56. The van der Waals surface area contributed by atoms with E-state index in [9.17, 15) is 24.6 Å². The van der Waals surface area contributed by atoms with E-state index in [0.717, 1.165) is 44.4 Å². The SMILES string of the molecule is CCN1C(=O)NC2CSC(CCCCC(=O)NCCCCCC(=O)On3c(O)ccc3O)C21. The quantitative estimate of drug-likeness (QED) is 0.250. The van der Waals surface area contributed by atoms with Crippen LogP contribution in [-0.4, -0.2) is 73.9 Å². The fraction of sp³-hybridized carbons (Fsp3) is 0.682. The lowest BCUT2D eigenvalue weighted by atomic mass is 10.0. The Morgan fingerprint density at radius 1 is 1.15 bits per heavy atom. The third-order valence-electron chi connectivity index (χ3n) is 6.07. The maximum absolute atomic E-state index is 12.0. The van der Waals surface area contributed by atoms with E-state index in [-0.39, 0.29) is 42.2 Å². The second-order valence-corrected chi connectivity index (χ2v) is 9.69. The van der Waals surface area contributed by atoms with E-state index in [4.69, 9.17) is 4.84 Å². The number of urea groups is 1. The van der Waals surface area contributed by atoms with Crippen molar-refractivity contribution in [3.05, 3.63) is 12.1 Å². The smallest absolute Gasteiger partial charge is 0.333 e. The summed E-state index contributed by atoms with van der Waals surface area (Å²) in [5, 5.41) is 25.3. The van der Waals surface area contributed by atoms with Gasteiger partial charge >= 0.3 is 12.0 Å². The van der Waals surface area contributed by atoms with Crippen molar-refractivity contribution in [2.45, 2.75) is 75.6 Å². The van der Waals surface area contributed by atoms with E-state index in [2.05, 4.69) is 10.6 Å². The van der Waals surface area contributed by atoms with Crippen LogP contribution in [-0.2, 0) is 9.59 Å². The zero-order chi connectivity index (χ0) is 23.8. The molecule has 3 heterocycles. The number of nitrogens with one attached hydrogen (secondary N) is 2. The molecule has 0 aliphatic carbocycles. The van der Waals surface area contributed by atoms with Crippen LogP contribution >= 0.6 is 11.8 Å². The predicted molar refractivity (Wildman–Crippen MR) is 124 cm³/mol. The monoisotopic (exact) mass is 482 g/mol. The van der Waals surface area contributed by atoms with Gasteiger partial charge in [0.25, 0.3) is 0 Å². The minimum absolute atomic E-state index is 0.0396. The molecule has 33 heavy (non-hydrogen) atoms. The number of aromatic nitrogens is 1. The number of thioether (sulfide) groups is 1. The summed E-state index contributed by atoms with van der Waals surface area (Å²) in [6, 6.07) is 3.03. The summed E-state index contributed by atoms with van der Waals surface area (Å²) < 4.78 is 0.677. The summed E-state index contributed by atoms with van der Waals surface area (Å²) >= 11 is 1.92. The molecule has 10 nitrogen and oxygen atoms in total. The highest BCUT2D eigenvalue weighted by Crippen LogP contribution is 2.37. The first kappa shape index (κ1) is 25.1. The van der Waals surface area contributed by atoms with Gasteiger partial charge in [0.1, 0.15) is 0 Å². The van der Waals surface area contributed by atoms with Gasteiger partial charge in [-0.3, -0.25) is 4.79 Å². The largest absolute Gasteiger partial charge is 0.492 e. The second kappa shape index (κ2) is 12.1. The molecule has 184 valence electrons. The fourth-order valence-corrected chi connectivity index (χ4v) is 5.98. The minimum Gasteiger partial charge on any atom is -0.492 e. The van der Waals surface area contributed by atoms with E-state index in [1.807, 2.05) is 23.6 Å². The van der Waals surface area contributed by atoms with Crippen molar-refractivity contribution in [2.24, 2.45) is 0 Å². The molecule has 1 aromatic rings. The highest BCUT2D eigenvalue weighted by molar-refractivity contribution is 8.00. The van der Waals surface area contributed by atoms with Gasteiger partial charge in [-0.2, -0.15) is 11.8 Å². The Labute approximate surface area is 198 Å². The Hall–Kier alpha value is -2.56. The Kier molecular flexibility index (Phi) is 9.16. The van der Waals surface area contributed by atoms with Crippen LogP contribution in [0.4, 0.5) is 4.79 Å². The Morgan fingerprint density at radius 2 is 1.88 bits per heavy atom. The zero-order valence-corrected chi connectivity index (χ0v) is 19.8. The highest BCUT2D eigenvalue weighted by Gasteiger charge is 2.47. The fourth-order valence-electron chi connectivity index (χ4n) is 4.38. The van der Waals surface area contributed by atoms with Crippen LogP contribution in [0.1, 0.15) is 58.3 Å². The summed E-state index contributed by atoms with van der Waals surface area (Å²) in [4.78, 5) is 42.6. The molecule has 2 aliphatic heterocycles. The van der Waals surface area contributed by atoms with Crippen molar-refractivity contribution in [1.82, 2.24) is 20.3 Å². The molecule has 11 heteroatoms. The predicted octanol–water partition coefficient (Wildman–Crippen LogP) is 1.99. The van der Waals surface area contributed by atoms with Crippen LogP contribution in [0, 0.1) is 0 Å². The summed E-state index contributed by atoms with van der Waals surface area (Å²) in [7, 11) is 0. The first-order valence-corrected chi connectivity index (χ1v) is 12.7. The average Bonchev–Trinajstić information content (AvgIpc) is 3.42. The molecule has 2 saturated heterocycles. The molecule has 3 amide bonds. The van der Waals surface area contributed by atoms with Crippen molar-refractivity contribution in [3.63, 3.8) is 0 Å².